The molecule has 0 aliphatic heterocycles. The van der Waals surface area contributed by atoms with Gasteiger partial charge in [-0.3, -0.25) is 4.79 Å². The van der Waals surface area contributed by atoms with Crippen molar-refractivity contribution in [3.05, 3.63) is 35.3 Å². The third kappa shape index (κ3) is 2.98. The lowest BCUT2D eigenvalue weighted by atomic mass is 10.2. The number of aliphatic hydroxyl groups excluding tert-OH is 1. The molecule has 0 radical (unpaired) electrons. The van der Waals surface area contributed by atoms with Gasteiger partial charge in [0.1, 0.15) is 16.5 Å². The number of aliphatic hydroxyl groups is 1. The molecule has 1 heterocycles. The molecule has 22 heavy (non-hydrogen) atoms. The summed E-state index contributed by atoms with van der Waals surface area (Å²) in [4.78, 5) is 18.7. The van der Waals surface area contributed by atoms with Crippen LogP contribution >= 0.6 is 11.3 Å². The first-order valence-corrected chi connectivity index (χ1v) is 8.13. The molecule has 1 amide bonds. The van der Waals surface area contributed by atoms with E-state index in [0.29, 0.717) is 12.2 Å². The van der Waals surface area contributed by atoms with Crippen molar-refractivity contribution in [1.82, 2.24) is 9.88 Å². The standard InChI is InChI=1S/C16H18N2O3S/c1-21-14-5-3-2-4-12(14)15-17-13(10-22-15)16(20)18(8-9-19)11-6-7-11/h2-5,10-11,19H,6-9H2,1H3. The summed E-state index contributed by atoms with van der Waals surface area (Å²) in [5, 5.41) is 11.7. The molecule has 1 aromatic heterocycles. The van der Waals surface area contributed by atoms with Crippen molar-refractivity contribution in [2.45, 2.75) is 18.9 Å². The van der Waals surface area contributed by atoms with Crippen molar-refractivity contribution in [1.29, 1.82) is 0 Å². The molecule has 116 valence electrons. The number of amides is 1. The van der Waals surface area contributed by atoms with Crippen LogP contribution in [0.4, 0.5) is 0 Å². The number of carbonyl (C=O) groups is 1. The Labute approximate surface area is 133 Å². The number of benzene rings is 1. The molecule has 0 saturated heterocycles. The van der Waals surface area contributed by atoms with Crippen molar-refractivity contribution in [2.24, 2.45) is 0 Å². The molecule has 0 atom stereocenters. The fourth-order valence-electron chi connectivity index (χ4n) is 2.41. The minimum absolute atomic E-state index is 0.0221. The molecule has 0 bridgehead atoms. The average molecular weight is 318 g/mol. The molecule has 1 fully saturated rings. The van der Waals surface area contributed by atoms with Crippen molar-refractivity contribution in [3.63, 3.8) is 0 Å². The number of ether oxygens (including phenoxy) is 1. The third-order valence-electron chi connectivity index (χ3n) is 3.65. The lowest BCUT2D eigenvalue weighted by molar-refractivity contribution is 0.0702. The third-order valence-corrected chi connectivity index (χ3v) is 4.53. The normalized spacial score (nSPS) is 13.9. The first kappa shape index (κ1) is 15.0. The Morgan fingerprint density at radius 1 is 1.45 bits per heavy atom. The zero-order valence-corrected chi connectivity index (χ0v) is 13.2. The van der Waals surface area contributed by atoms with E-state index >= 15 is 0 Å². The number of rotatable bonds is 6. The molecule has 6 heteroatoms. The van der Waals surface area contributed by atoms with Crippen molar-refractivity contribution >= 4 is 17.2 Å². The van der Waals surface area contributed by atoms with Crippen molar-refractivity contribution in [2.75, 3.05) is 20.3 Å². The van der Waals surface area contributed by atoms with E-state index < -0.39 is 0 Å². The molecule has 1 aliphatic carbocycles. The number of thiazole rings is 1. The first-order chi connectivity index (χ1) is 10.7. The van der Waals surface area contributed by atoms with Gasteiger partial charge in [0.25, 0.3) is 5.91 Å². The molecule has 1 N–H and O–H groups in total. The van der Waals surface area contributed by atoms with Crippen LogP contribution in [0, 0.1) is 0 Å². The molecule has 1 aromatic carbocycles. The minimum atomic E-state index is -0.103. The predicted octanol–water partition coefficient (Wildman–Crippen LogP) is 2.42. The number of hydrogen-bond acceptors (Lipinski definition) is 5. The van der Waals surface area contributed by atoms with Gasteiger partial charge in [-0.1, -0.05) is 12.1 Å². The van der Waals surface area contributed by atoms with Gasteiger partial charge in [-0.05, 0) is 25.0 Å². The van der Waals surface area contributed by atoms with E-state index in [4.69, 9.17) is 9.84 Å². The number of nitrogens with zero attached hydrogens (tertiary/aromatic N) is 2. The highest BCUT2D eigenvalue weighted by molar-refractivity contribution is 7.13. The number of methoxy groups -OCH3 is 1. The monoisotopic (exact) mass is 318 g/mol. The second-order valence-corrected chi connectivity index (χ2v) is 6.05. The maximum absolute atomic E-state index is 12.5. The Kier molecular flexibility index (Phi) is 4.40. The van der Waals surface area contributed by atoms with Gasteiger partial charge in [-0.25, -0.2) is 4.98 Å². The Hall–Kier alpha value is -1.92. The zero-order valence-electron chi connectivity index (χ0n) is 12.4. The van der Waals surface area contributed by atoms with Crippen LogP contribution in [0.3, 0.4) is 0 Å². The summed E-state index contributed by atoms with van der Waals surface area (Å²) in [6.45, 7) is 0.344. The maximum Gasteiger partial charge on any atom is 0.273 e. The summed E-state index contributed by atoms with van der Waals surface area (Å²) >= 11 is 1.43. The van der Waals surface area contributed by atoms with Gasteiger partial charge in [0.05, 0.1) is 19.3 Å². The van der Waals surface area contributed by atoms with Crippen LogP contribution < -0.4 is 4.74 Å². The fraction of sp³-hybridized carbons (Fsp3) is 0.375. The Morgan fingerprint density at radius 2 is 2.23 bits per heavy atom. The highest BCUT2D eigenvalue weighted by Gasteiger charge is 2.33. The molecule has 1 aliphatic rings. The summed E-state index contributed by atoms with van der Waals surface area (Å²) < 4.78 is 5.34. The molecule has 0 spiro atoms. The number of para-hydroxylation sites is 1. The largest absolute Gasteiger partial charge is 0.496 e. The number of carbonyl (C=O) groups excluding carboxylic acids is 1. The number of aromatic nitrogens is 1. The molecular formula is C16H18N2O3S. The van der Waals surface area contributed by atoms with E-state index in [2.05, 4.69) is 4.98 Å². The minimum Gasteiger partial charge on any atom is -0.496 e. The quantitative estimate of drug-likeness (QED) is 0.888. The van der Waals surface area contributed by atoms with Crippen LogP contribution in [0.25, 0.3) is 10.6 Å². The van der Waals surface area contributed by atoms with Gasteiger partial charge in [0, 0.05) is 18.0 Å². The molecule has 3 rings (SSSR count). The van der Waals surface area contributed by atoms with Crippen LogP contribution in [0.15, 0.2) is 29.6 Å². The van der Waals surface area contributed by atoms with Gasteiger partial charge >= 0.3 is 0 Å². The van der Waals surface area contributed by atoms with E-state index in [-0.39, 0.29) is 18.6 Å². The summed E-state index contributed by atoms with van der Waals surface area (Å²) in [5.74, 6) is 0.638. The lowest BCUT2D eigenvalue weighted by Gasteiger charge is -2.19. The Morgan fingerprint density at radius 3 is 2.91 bits per heavy atom. The van der Waals surface area contributed by atoms with Crippen molar-refractivity contribution in [3.8, 4) is 16.3 Å². The van der Waals surface area contributed by atoms with Gasteiger partial charge in [0.2, 0.25) is 0 Å². The van der Waals surface area contributed by atoms with Crippen LogP contribution in [-0.2, 0) is 0 Å². The second kappa shape index (κ2) is 6.46. The predicted molar refractivity (Wildman–Crippen MR) is 85.2 cm³/mol. The number of hydrogen-bond donors (Lipinski definition) is 1. The van der Waals surface area contributed by atoms with E-state index in [1.165, 1.54) is 11.3 Å². The molecule has 0 unspecified atom stereocenters. The van der Waals surface area contributed by atoms with Crippen LogP contribution in [0.1, 0.15) is 23.3 Å². The van der Waals surface area contributed by atoms with E-state index in [9.17, 15) is 4.79 Å². The van der Waals surface area contributed by atoms with Crippen LogP contribution in [0.5, 0.6) is 5.75 Å². The van der Waals surface area contributed by atoms with E-state index in [1.54, 1.807) is 17.4 Å². The highest BCUT2D eigenvalue weighted by Crippen LogP contribution is 2.33. The van der Waals surface area contributed by atoms with Gasteiger partial charge in [0.15, 0.2) is 0 Å². The van der Waals surface area contributed by atoms with Crippen LogP contribution in [0.2, 0.25) is 0 Å². The maximum atomic E-state index is 12.5. The molecule has 2 aromatic rings. The topological polar surface area (TPSA) is 62.7 Å². The van der Waals surface area contributed by atoms with Gasteiger partial charge in [-0.15, -0.1) is 11.3 Å². The second-order valence-electron chi connectivity index (χ2n) is 5.19. The van der Waals surface area contributed by atoms with Crippen LogP contribution in [-0.4, -0.2) is 47.2 Å². The SMILES string of the molecule is COc1ccccc1-c1nc(C(=O)N(CCO)C2CC2)cs1. The summed E-state index contributed by atoms with van der Waals surface area (Å²) in [6.07, 6.45) is 2.02. The Balaban J connectivity index is 1.85. The summed E-state index contributed by atoms with van der Waals surface area (Å²) in [5.41, 5.74) is 1.32. The van der Waals surface area contributed by atoms with E-state index in [0.717, 1.165) is 29.2 Å². The van der Waals surface area contributed by atoms with Gasteiger partial charge < -0.3 is 14.7 Å². The lowest BCUT2D eigenvalue weighted by Crippen LogP contribution is -2.35. The fourth-order valence-corrected chi connectivity index (χ4v) is 3.23. The first-order valence-electron chi connectivity index (χ1n) is 7.25. The Bertz CT molecular complexity index is 667. The zero-order chi connectivity index (χ0) is 15.5. The summed E-state index contributed by atoms with van der Waals surface area (Å²) in [7, 11) is 1.62. The van der Waals surface area contributed by atoms with E-state index in [1.807, 2.05) is 24.3 Å². The molecular weight excluding hydrogens is 300 g/mol. The molecule has 1 saturated carbocycles. The smallest absolute Gasteiger partial charge is 0.273 e. The summed E-state index contributed by atoms with van der Waals surface area (Å²) in [6, 6.07) is 7.89. The molecule has 5 nitrogen and oxygen atoms in total. The van der Waals surface area contributed by atoms with Gasteiger partial charge in [-0.2, -0.15) is 0 Å². The average Bonchev–Trinajstić information content (AvgIpc) is 3.27. The highest BCUT2D eigenvalue weighted by atomic mass is 32.1. The van der Waals surface area contributed by atoms with Crippen molar-refractivity contribution < 1.29 is 14.6 Å².